The molecule has 1 unspecified atom stereocenters. The number of nitrogens with one attached hydrogen (secondary N) is 2. The number of cyclic esters (lactones) is 2. The molecule has 2 heterocycles. The van der Waals surface area contributed by atoms with Crippen molar-refractivity contribution in [2.24, 2.45) is 17.3 Å². The van der Waals surface area contributed by atoms with E-state index in [-0.39, 0.29) is 55.6 Å². The van der Waals surface area contributed by atoms with Crippen LogP contribution < -0.4 is 10.6 Å². The van der Waals surface area contributed by atoms with E-state index < -0.39 is 47.4 Å². The number of carbonyl (C=O) groups is 4. The molecule has 2 amide bonds. The van der Waals surface area contributed by atoms with E-state index in [4.69, 9.17) is 14.2 Å². The number of epoxide rings is 1. The minimum atomic E-state index is -1.19. The van der Waals surface area contributed by atoms with Crippen molar-refractivity contribution in [3.63, 3.8) is 0 Å². The van der Waals surface area contributed by atoms with Gasteiger partial charge >= 0.3 is 11.9 Å². The Bertz CT molecular complexity index is 1370. The van der Waals surface area contributed by atoms with E-state index in [9.17, 15) is 24.3 Å². The van der Waals surface area contributed by atoms with E-state index in [0.717, 1.165) is 11.1 Å². The summed E-state index contributed by atoms with van der Waals surface area (Å²) in [5.74, 6) is -2.44. The van der Waals surface area contributed by atoms with Gasteiger partial charge in [-0.3, -0.25) is 14.4 Å². The summed E-state index contributed by atoms with van der Waals surface area (Å²) in [4.78, 5) is 53.2. The van der Waals surface area contributed by atoms with Crippen LogP contribution in [0.25, 0.3) is 0 Å². The number of amides is 2. The molecule has 10 heteroatoms. The van der Waals surface area contributed by atoms with Crippen LogP contribution in [-0.2, 0) is 39.8 Å². The zero-order chi connectivity index (χ0) is 32.7. The molecule has 2 aromatic rings. The number of phenols is 1. The summed E-state index contributed by atoms with van der Waals surface area (Å²) in [6, 6.07) is 15.2. The van der Waals surface area contributed by atoms with Gasteiger partial charge in [-0.25, -0.2) is 4.79 Å². The van der Waals surface area contributed by atoms with Crippen LogP contribution in [0, 0.1) is 17.3 Å². The molecule has 3 N–H and O–H groups in total. The van der Waals surface area contributed by atoms with Gasteiger partial charge in [-0.05, 0) is 55.5 Å². The van der Waals surface area contributed by atoms with Crippen molar-refractivity contribution in [2.45, 2.75) is 84.3 Å². The zero-order valence-electron chi connectivity index (χ0n) is 26.5. The molecule has 4 rings (SSSR count). The molecule has 0 saturated carbocycles. The summed E-state index contributed by atoms with van der Waals surface area (Å²) in [6.07, 6.45) is 1.38. The summed E-state index contributed by atoms with van der Waals surface area (Å²) in [7, 11) is 0. The lowest BCUT2D eigenvalue weighted by molar-refractivity contribution is -0.179. The normalized spacial score (nSPS) is 27.5. The Labute approximate surface area is 264 Å². The summed E-state index contributed by atoms with van der Waals surface area (Å²) in [5, 5.41) is 15.2. The summed E-state index contributed by atoms with van der Waals surface area (Å²) in [5.41, 5.74) is 0.558. The van der Waals surface area contributed by atoms with E-state index in [1.807, 2.05) is 51.1 Å². The molecule has 2 aliphatic heterocycles. The zero-order valence-corrected chi connectivity index (χ0v) is 26.5. The van der Waals surface area contributed by atoms with E-state index in [2.05, 4.69) is 10.6 Å². The Balaban J connectivity index is 1.60. The number of benzene rings is 2. The van der Waals surface area contributed by atoms with E-state index >= 15 is 0 Å². The molecule has 2 aliphatic rings. The molecule has 0 bridgehead atoms. The highest BCUT2D eigenvalue weighted by molar-refractivity contribution is 5.93. The number of hydrogen-bond donors (Lipinski definition) is 3. The Morgan fingerprint density at radius 2 is 1.64 bits per heavy atom. The topological polar surface area (TPSA) is 144 Å². The highest BCUT2D eigenvalue weighted by Gasteiger charge is 2.48. The maximum absolute atomic E-state index is 13.5. The number of esters is 2. The van der Waals surface area contributed by atoms with Gasteiger partial charge in [-0.15, -0.1) is 0 Å². The predicted molar refractivity (Wildman–Crippen MR) is 167 cm³/mol. The van der Waals surface area contributed by atoms with E-state index in [1.54, 1.807) is 32.1 Å². The molecular weight excluding hydrogens is 576 g/mol. The quantitative estimate of drug-likeness (QED) is 0.309. The minimum Gasteiger partial charge on any atom is -0.508 e. The smallest absolute Gasteiger partial charge is 0.347 e. The molecule has 1 saturated heterocycles. The maximum Gasteiger partial charge on any atom is 0.347 e. The van der Waals surface area contributed by atoms with Crippen molar-refractivity contribution in [3.05, 3.63) is 77.9 Å². The Hall–Kier alpha value is -4.18. The monoisotopic (exact) mass is 620 g/mol. The molecule has 0 radical (unpaired) electrons. The van der Waals surface area contributed by atoms with Crippen LogP contribution >= 0.6 is 0 Å². The lowest BCUT2D eigenvalue weighted by atomic mass is 9.92. The largest absolute Gasteiger partial charge is 0.508 e. The predicted octanol–water partition coefficient (Wildman–Crippen LogP) is 4.17. The van der Waals surface area contributed by atoms with Crippen molar-refractivity contribution >= 4 is 23.8 Å². The van der Waals surface area contributed by atoms with Gasteiger partial charge < -0.3 is 30.0 Å². The van der Waals surface area contributed by atoms with Gasteiger partial charge in [-0.2, -0.15) is 0 Å². The lowest BCUT2D eigenvalue weighted by Gasteiger charge is -2.29. The average molecular weight is 621 g/mol. The number of aromatic hydroxyl groups is 1. The van der Waals surface area contributed by atoms with Crippen LogP contribution in [0.4, 0.5) is 0 Å². The van der Waals surface area contributed by atoms with Crippen LogP contribution in [0.5, 0.6) is 5.75 Å². The molecular formula is C35H44N2O8. The molecule has 0 spiro atoms. The standard InChI is InChI=1S/C35H44N2O8/c1-21(2)18-28-33(41)43-27(22(3)30-31(45-30)24-10-7-6-8-11-24)12-9-13-29(39)37-26(19-23-14-16-25(38)17-15-23)32(40)36-20-35(4,5)34(42)44-28/h6-11,13-17,21-22,26-28,30-31,38H,12,18-20H2,1-5H3,(H,36,40)(H,37,39)/b13-9+/t22-,26+,27-,28?,30+,31+/m0/s1. The summed E-state index contributed by atoms with van der Waals surface area (Å²) < 4.78 is 17.8. The number of phenolic OH excluding ortho intramolecular Hbond substituents is 1. The molecule has 0 aromatic heterocycles. The Morgan fingerprint density at radius 1 is 0.956 bits per heavy atom. The third-order valence-corrected chi connectivity index (χ3v) is 8.13. The average Bonchev–Trinajstić information content (AvgIpc) is 3.80. The molecule has 6 atom stereocenters. The molecule has 242 valence electrons. The fourth-order valence-corrected chi connectivity index (χ4v) is 5.26. The number of ether oxygens (including phenoxy) is 3. The third-order valence-electron chi connectivity index (χ3n) is 8.13. The Morgan fingerprint density at radius 3 is 2.31 bits per heavy atom. The van der Waals surface area contributed by atoms with Crippen molar-refractivity contribution < 1.29 is 38.5 Å². The molecule has 2 aromatic carbocycles. The van der Waals surface area contributed by atoms with E-state index in [1.165, 1.54) is 18.2 Å². The highest BCUT2D eigenvalue weighted by atomic mass is 16.6. The van der Waals surface area contributed by atoms with Crippen LogP contribution in [-0.4, -0.2) is 59.8 Å². The number of carbonyl (C=O) groups excluding carboxylic acids is 4. The molecule has 10 nitrogen and oxygen atoms in total. The first-order chi connectivity index (χ1) is 21.3. The van der Waals surface area contributed by atoms with Crippen LogP contribution in [0.2, 0.25) is 0 Å². The fraction of sp³-hybridized carbons (Fsp3) is 0.486. The van der Waals surface area contributed by atoms with Crippen molar-refractivity contribution in [1.82, 2.24) is 10.6 Å². The SMILES string of the molecule is CC(C)CC1OC(=O)C(C)(C)CNC(=O)[C@@H](Cc2ccc(O)cc2)NC(=O)/C=C/C[C@@H]([C@H](C)[C@H]2O[C@@H]2c2ccccc2)OC1=O. The van der Waals surface area contributed by atoms with Gasteiger partial charge in [0.25, 0.3) is 0 Å². The van der Waals surface area contributed by atoms with Gasteiger partial charge in [0.15, 0.2) is 6.10 Å². The van der Waals surface area contributed by atoms with Crippen LogP contribution in [0.3, 0.4) is 0 Å². The number of rotatable bonds is 7. The Kier molecular flexibility index (Phi) is 11.0. The first-order valence-corrected chi connectivity index (χ1v) is 15.5. The number of hydrogen-bond acceptors (Lipinski definition) is 8. The maximum atomic E-state index is 13.5. The second kappa shape index (κ2) is 14.7. The lowest BCUT2D eigenvalue weighted by Crippen LogP contribution is -2.51. The van der Waals surface area contributed by atoms with Gasteiger partial charge in [0.05, 0.1) is 11.5 Å². The molecule has 1 fully saturated rings. The fourth-order valence-electron chi connectivity index (χ4n) is 5.26. The van der Waals surface area contributed by atoms with Crippen molar-refractivity contribution in [2.75, 3.05) is 6.54 Å². The van der Waals surface area contributed by atoms with Gasteiger partial charge in [0.1, 0.15) is 24.0 Å². The van der Waals surface area contributed by atoms with Gasteiger partial charge in [-0.1, -0.05) is 69.3 Å². The van der Waals surface area contributed by atoms with Gasteiger partial charge in [0, 0.05) is 25.3 Å². The molecule has 0 aliphatic carbocycles. The third kappa shape index (κ3) is 9.41. The summed E-state index contributed by atoms with van der Waals surface area (Å²) in [6.45, 7) is 8.92. The molecule has 45 heavy (non-hydrogen) atoms. The second-order valence-electron chi connectivity index (χ2n) is 13.0. The van der Waals surface area contributed by atoms with Crippen LogP contribution in [0.1, 0.15) is 64.7 Å². The van der Waals surface area contributed by atoms with E-state index in [0.29, 0.717) is 0 Å². The highest BCUT2D eigenvalue weighted by Crippen LogP contribution is 2.45. The van der Waals surface area contributed by atoms with Crippen LogP contribution in [0.15, 0.2) is 66.7 Å². The minimum absolute atomic E-state index is 0.0260. The summed E-state index contributed by atoms with van der Waals surface area (Å²) >= 11 is 0. The first kappa shape index (κ1) is 33.7. The first-order valence-electron chi connectivity index (χ1n) is 15.5. The second-order valence-corrected chi connectivity index (χ2v) is 13.0. The van der Waals surface area contributed by atoms with Crippen molar-refractivity contribution in [3.8, 4) is 5.75 Å². The van der Waals surface area contributed by atoms with Gasteiger partial charge in [0.2, 0.25) is 11.8 Å². The van der Waals surface area contributed by atoms with Crippen molar-refractivity contribution in [1.29, 1.82) is 0 Å².